The predicted octanol–water partition coefficient (Wildman–Crippen LogP) is 2.71. The first-order valence-corrected chi connectivity index (χ1v) is 9.69. The summed E-state index contributed by atoms with van der Waals surface area (Å²) in [6.07, 6.45) is 4.27. The highest BCUT2D eigenvalue weighted by Crippen LogP contribution is 2.27. The van der Waals surface area contributed by atoms with Crippen LogP contribution in [0.1, 0.15) is 45.1 Å². The van der Waals surface area contributed by atoms with Gasteiger partial charge in [-0.1, -0.05) is 20.3 Å². The zero-order chi connectivity index (χ0) is 14.6. The maximum Gasteiger partial charge on any atom is 0.250 e. The highest BCUT2D eigenvalue weighted by atomic mass is 32.2. The molecule has 1 aliphatic carbocycles. The molecule has 0 radical (unpaired) electrons. The molecule has 2 rings (SSSR count). The third kappa shape index (κ3) is 4.04. The van der Waals surface area contributed by atoms with Crippen LogP contribution in [0.15, 0.2) is 15.7 Å². The summed E-state index contributed by atoms with van der Waals surface area (Å²) in [6.45, 7) is 5.92. The Kier molecular flexibility index (Phi) is 5.60. The Hall–Kier alpha value is -0.430. The lowest BCUT2D eigenvalue weighted by molar-refractivity contribution is 0.477. The SMILES string of the molecule is CCCNCc1csc(S(=O)(=O)NC2CCCC2C)c1. The minimum absolute atomic E-state index is 0.101. The van der Waals surface area contributed by atoms with Gasteiger partial charge < -0.3 is 5.32 Å². The smallest absolute Gasteiger partial charge is 0.250 e. The first-order valence-electron chi connectivity index (χ1n) is 7.33. The van der Waals surface area contributed by atoms with Gasteiger partial charge in [0, 0.05) is 12.6 Å². The lowest BCUT2D eigenvalue weighted by Crippen LogP contribution is -2.36. The van der Waals surface area contributed by atoms with E-state index in [1.165, 1.54) is 11.3 Å². The van der Waals surface area contributed by atoms with Gasteiger partial charge >= 0.3 is 0 Å². The van der Waals surface area contributed by atoms with Crippen LogP contribution >= 0.6 is 11.3 Å². The second kappa shape index (κ2) is 7.02. The number of hydrogen-bond acceptors (Lipinski definition) is 4. The molecule has 2 atom stereocenters. The number of nitrogens with one attached hydrogen (secondary N) is 2. The molecule has 0 amide bonds. The molecule has 0 aromatic carbocycles. The number of sulfonamides is 1. The molecule has 0 saturated heterocycles. The van der Waals surface area contributed by atoms with E-state index in [2.05, 4.69) is 23.9 Å². The summed E-state index contributed by atoms with van der Waals surface area (Å²) in [5.41, 5.74) is 1.04. The minimum atomic E-state index is -3.35. The lowest BCUT2D eigenvalue weighted by Gasteiger charge is -2.16. The number of thiophene rings is 1. The minimum Gasteiger partial charge on any atom is -0.313 e. The van der Waals surface area contributed by atoms with Crippen molar-refractivity contribution in [3.05, 3.63) is 17.0 Å². The summed E-state index contributed by atoms with van der Waals surface area (Å²) >= 11 is 1.31. The lowest BCUT2D eigenvalue weighted by atomic mass is 10.1. The summed E-state index contributed by atoms with van der Waals surface area (Å²) in [5, 5.41) is 5.21. The molecule has 20 heavy (non-hydrogen) atoms. The second-order valence-corrected chi connectivity index (χ2v) is 8.44. The van der Waals surface area contributed by atoms with Crippen molar-refractivity contribution in [3.63, 3.8) is 0 Å². The summed E-state index contributed by atoms with van der Waals surface area (Å²) in [4.78, 5) is 0. The van der Waals surface area contributed by atoms with Crippen molar-refractivity contribution < 1.29 is 8.42 Å². The van der Waals surface area contributed by atoms with E-state index in [1.807, 2.05) is 5.38 Å². The molecule has 1 saturated carbocycles. The molecule has 0 aliphatic heterocycles. The van der Waals surface area contributed by atoms with E-state index in [9.17, 15) is 8.42 Å². The van der Waals surface area contributed by atoms with E-state index < -0.39 is 10.0 Å². The highest BCUT2D eigenvalue weighted by molar-refractivity contribution is 7.91. The molecule has 1 aliphatic rings. The Bertz CT molecular complexity index is 525. The standard InChI is InChI=1S/C14H24N2O2S2/c1-3-7-15-9-12-8-14(19-10-12)20(17,18)16-13-6-4-5-11(13)2/h8,10-11,13,15-16H,3-7,9H2,1-2H3. The van der Waals surface area contributed by atoms with Crippen molar-refractivity contribution >= 4 is 21.4 Å². The maximum absolute atomic E-state index is 12.4. The Morgan fingerprint density at radius 3 is 2.85 bits per heavy atom. The quantitative estimate of drug-likeness (QED) is 0.761. The molecule has 1 aromatic heterocycles. The molecular weight excluding hydrogens is 292 g/mol. The molecule has 1 heterocycles. The van der Waals surface area contributed by atoms with Gasteiger partial charge in [0.2, 0.25) is 10.0 Å². The normalized spacial score (nSPS) is 23.3. The van der Waals surface area contributed by atoms with Crippen LogP contribution in [0.4, 0.5) is 0 Å². The zero-order valence-electron chi connectivity index (χ0n) is 12.2. The van der Waals surface area contributed by atoms with E-state index in [1.54, 1.807) is 6.07 Å². The van der Waals surface area contributed by atoms with Gasteiger partial charge in [0.15, 0.2) is 0 Å². The number of hydrogen-bond donors (Lipinski definition) is 2. The van der Waals surface area contributed by atoms with Crippen LogP contribution < -0.4 is 10.0 Å². The monoisotopic (exact) mass is 316 g/mol. The van der Waals surface area contributed by atoms with Gasteiger partial charge in [-0.3, -0.25) is 0 Å². The van der Waals surface area contributed by atoms with Crippen molar-refractivity contribution in [2.75, 3.05) is 6.54 Å². The van der Waals surface area contributed by atoms with E-state index in [4.69, 9.17) is 0 Å². The van der Waals surface area contributed by atoms with Crippen molar-refractivity contribution in [1.82, 2.24) is 10.0 Å². The Balaban J connectivity index is 1.98. The Morgan fingerprint density at radius 1 is 1.40 bits per heavy atom. The largest absolute Gasteiger partial charge is 0.313 e. The fraction of sp³-hybridized carbons (Fsp3) is 0.714. The van der Waals surface area contributed by atoms with E-state index in [0.717, 1.165) is 44.3 Å². The maximum atomic E-state index is 12.4. The zero-order valence-corrected chi connectivity index (χ0v) is 13.8. The van der Waals surface area contributed by atoms with Crippen molar-refractivity contribution in [2.24, 2.45) is 5.92 Å². The van der Waals surface area contributed by atoms with E-state index in [-0.39, 0.29) is 6.04 Å². The average molecular weight is 316 g/mol. The molecule has 0 bridgehead atoms. The Labute approximate surface area is 126 Å². The summed E-state index contributed by atoms with van der Waals surface area (Å²) in [6, 6.07) is 1.89. The molecule has 0 spiro atoms. The van der Waals surface area contributed by atoms with Crippen LogP contribution in [0.25, 0.3) is 0 Å². The van der Waals surface area contributed by atoms with Gasteiger partial charge in [0.05, 0.1) is 0 Å². The van der Waals surface area contributed by atoms with E-state index >= 15 is 0 Å². The van der Waals surface area contributed by atoms with Crippen molar-refractivity contribution in [2.45, 2.75) is 56.3 Å². The third-order valence-electron chi connectivity index (χ3n) is 3.82. The second-order valence-electron chi connectivity index (χ2n) is 5.59. The predicted molar refractivity (Wildman–Crippen MR) is 83.4 cm³/mol. The topological polar surface area (TPSA) is 58.2 Å². The van der Waals surface area contributed by atoms with E-state index in [0.29, 0.717) is 10.1 Å². The van der Waals surface area contributed by atoms with Gasteiger partial charge in [0.1, 0.15) is 4.21 Å². The molecule has 2 N–H and O–H groups in total. The van der Waals surface area contributed by atoms with Crippen LogP contribution in [0.5, 0.6) is 0 Å². The first kappa shape index (κ1) is 15.9. The molecule has 114 valence electrons. The van der Waals surface area contributed by atoms with Gasteiger partial charge in [-0.05, 0) is 48.7 Å². The average Bonchev–Trinajstić information content (AvgIpc) is 3.00. The molecule has 1 fully saturated rings. The van der Waals surface area contributed by atoms with Crippen molar-refractivity contribution in [1.29, 1.82) is 0 Å². The fourth-order valence-corrected chi connectivity index (χ4v) is 5.18. The first-order chi connectivity index (χ1) is 9.53. The molecule has 6 heteroatoms. The van der Waals surface area contributed by atoms with Gasteiger partial charge in [-0.25, -0.2) is 13.1 Å². The molecular formula is C14H24N2O2S2. The molecule has 2 unspecified atom stereocenters. The summed E-state index contributed by atoms with van der Waals surface area (Å²) in [5.74, 6) is 0.440. The Morgan fingerprint density at radius 2 is 2.20 bits per heavy atom. The van der Waals surface area contributed by atoms with Crippen LogP contribution in [0.2, 0.25) is 0 Å². The van der Waals surface area contributed by atoms with Crippen molar-refractivity contribution in [3.8, 4) is 0 Å². The van der Waals surface area contributed by atoms with Crippen LogP contribution in [0.3, 0.4) is 0 Å². The van der Waals surface area contributed by atoms with Gasteiger partial charge in [0.25, 0.3) is 0 Å². The summed E-state index contributed by atoms with van der Waals surface area (Å²) < 4.78 is 28.0. The molecule has 1 aromatic rings. The van der Waals surface area contributed by atoms with Crippen LogP contribution in [-0.2, 0) is 16.6 Å². The van der Waals surface area contributed by atoms with Crippen LogP contribution in [0, 0.1) is 5.92 Å². The van der Waals surface area contributed by atoms with Crippen LogP contribution in [-0.4, -0.2) is 21.0 Å². The fourth-order valence-electron chi connectivity index (χ4n) is 2.57. The molecule has 4 nitrogen and oxygen atoms in total. The number of rotatable bonds is 7. The third-order valence-corrected chi connectivity index (χ3v) is 6.80. The van der Waals surface area contributed by atoms with Gasteiger partial charge in [-0.2, -0.15) is 0 Å². The van der Waals surface area contributed by atoms with Gasteiger partial charge in [-0.15, -0.1) is 11.3 Å². The summed E-state index contributed by atoms with van der Waals surface area (Å²) in [7, 11) is -3.35. The highest BCUT2D eigenvalue weighted by Gasteiger charge is 2.28.